The van der Waals surface area contributed by atoms with E-state index in [-0.39, 0.29) is 22.8 Å². The van der Waals surface area contributed by atoms with Crippen LogP contribution in [0.5, 0.6) is 0 Å². The van der Waals surface area contributed by atoms with Crippen LogP contribution in [-0.4, -0.2) is 55.8 Å². The monoisotopic (exact) mass is 491 g/mol. The summed E-state index contributed by atoms with van der Waals surface area (Å²) in [6.07, 6.45) is 2.59. The first-order chi connectivity index (χ1) is 16.2. The third-order valence-corrected chi connectivity index (χ3v) is 8.72. The number of nitrogens with one attached hydrogen (secondary N) is 1. The topological polar surface area (TPSA) is 69.7 Å². The lowest BCUT2D eigenvalue weighted by Gasteiger charge is -2.34. The number of halogens is 2. The van der Waals surface area contributed by atoms with E-state index in [1.165, 1.54) is 10.4 Å². The molecule has 184 valence electrons. The standard InChI is InChI=1S/C25H31F2N3O3S/c1-18-2-5-22(6-3-18)34(32,33)30-14-8-20(9-15-30)25(31)28-21-10-12-29(13-11-21)17-19-4-7-23(26)24(27)16-19/h2-7,16,20-21H,8-15,17H2,1H3,(H,28,31). The second-order valence-corrected chi connectivity index (χ2v) is 11.2. The Balaban J connectivity index is 1.22. The van der Waals surface area contributed by atoms with Gasteiger partial charge in [-0.15, -0.1) is 0 Å². The highest BCUT2D eigenvalue weighted by Crippen LogP contribution is 2.25. The average molecular weight is 492 g/mol. The van der Waals surface area contributed by atoms with E-state index in [2.05, 4.69) is 10.2 Å². The molecule has 0 atom stereocenters. The molecule has 2 fully saturated rings. The maximum absolute atomic E-state index is 13.4. The van der Waals surface area contributed by atoms with Gasteiger partial charge < -0.3 is 5.32 Å². The summed E-state index contributed by atoms with van der Waals surface area (Å²) in [6, 6.07) is 10.9. The van der Waals surface area contributed by atoms with Crippen molar-refractivity contribution >= 4 is 15.9 Å². The van der Waals surface area contributed by atoms with Gasteiger partial charge in [-0.1, -0.05) is 23.8 Å². The van der Waals surface area contributed by atoms with Crippen LogP contribution in [0.1, 0.15) is 36.8 Å². The fraction of sp³-hybridized carbons (Fsp3) is 0.480. The number of benzene rings is 2. The molecule has 0 aromatic heterocycles. The molecular weight excluding hydrogens is 460 g/mol. The molecule has 34 heavy (non-hydrogen) atoms. The SMILES string of the molecule is Cc1ccc(S(=O)(=O)N2CCC(C(=O)NC3CCN(Cc4ccc(F)c(F)c4)CC3)CC2)cc1. The zero-order valence-corrected chi connectivity index (χ0v) is 20.2. The predicted octanol–water partition coefficient (Wildman–Crippen LogP) is 3.45. The van der Waals surface area contributed by atoms with Crippen molar-refractivity contribution in [2.24, 2.45) is 5.92 Å². The normalized spacial score (nSPS) is 19.3. The summed E-state index contributed by atoms with van der Waals surface area (Å²) in [5.41, 5.74) is 1.73. The van der Waals surface area contributed by atoms with E-state index in [1.54, 1.807) is 30.3 Å². The minimum Gasteiger partial charge on any atom is -0.353 e. The van der Waals surface area contributed by atoms with Crippen molar-refractivity contribution < 1.29 is 22.0 Å². The molecule has 0 saturated carbocycles. The fourth-order valence-corrected chi connectivity index (χ4v) is 6.14. The zero-order valence-electron chi connectivity index (χ0n) is 19.3. The van der Waals surface area contributed by atoms with Crippen LogP contribution >= 0.6 is 0 Å². The molecule has 2 aliphatic rings. The van der Waals surface area contributed by atoms with Crippen molar-refractivity contribution in [3.8, 4) is 0 Å². The van der Waals surface area contributed by atoms with Gasteiger partial charge >= 0.3 is 0 Å². The van der Waals surface area contributed by atoms with Gasteiger partial charge in [0.15, 0.2) is 11.6 Å². The molecule has 0 aliphatic carbocycles. The van der Waals surface area contributed by atoms with Crippen LogP contribution in [0.25, 0.3) is 0 Å². The number of rotatable bonds is 6. The molecule has 2 aromatic rings. The van der Waals surface area contributed by atoms with Gasteiger partial charge in [0.1, 0.15) is 0 Å². The molecule has 2 aliphatic heterocycles. The van der Waals surface area contributed by atoms with Gasteiger partial charge in [0.05, 0.1) is 4.90 Å². The van der Waals surface area contributed by atoms with Crippen LogP contribution in [0.4, 0.5) is 8.78 Å². The van der Waals surface area contributed by atoms with Gasteiger partial charge in [-0.05, 0) is 62.4 Å². The van der Waals surface area contributed by atoms with Crippen LogP contribution < -0.4 is 5.32 Å². The fourth-order valence-electron chi connectivity index (χ4n) is 4.67. The van der Waals surface area contributed by atoms with Crippen LogP contribution in [0, 0.1) is 24.5 Å². The number of amides is 1. The highest BCUT2D eigenvalue weighted by atomic mass is 32.2. The average Bonchev–Trinajstić information content (AvgIpc) is 2.83. The van der Waals surface area contributed by atoms with Crippen molar-refractivity contribution in [2.45, 2.75) is 50.1 Å². The van der Waals surface area contributed by atoms with E-state index in [9.17, 15) is 22.0 Å². The Morgan fingerprint density at radius 1 is 0.941 bits per heavy atom. The summed E-state index contributed by atoms with van der Waals surface area (Å²) in [6.45, 7) is 4.65. The first-order valence-electron chi connectivity index (χ1n) is 11.8. The molecule has 0 spiro atoms. The molecule has 6 nitrogen and oxygen atoms in total. The number of piperidine rings is 2. The maximum Gasteiger partial charge on any atom is 0.243 e. The third kappa shape index (κ3) is 5.82. The van der Waals surface area contributed by atoms with Crippen molar-refractivity contribution in [3.05, 3.63) is 65.2 Å². The zero-order chi connectivity index (χ0) is 24.3. The molecule has 2 saturated heterocycles. The molecule has 0 unspecified atom stereocenters. The van der Waals surface area contributed by atoms with Crippen LogP contribution in [-0.2, 0) is 21.4 Å². The summed E-state index contributed by atoms with van der Waals surface area (Å²) in [5.74, 6) is -1.88. The van der Waals surface area contributed by atoms with Crippen LogP contribution in [0.2, 0.25) is 0 Å². The van der Waals surface area contributed by atoms with E-state index in [1.807, 2.05) is 6.92 Å². The molecular formula is C25H31F2N3O3S. The van der Waals surface area contributed by atoms with E-state index in [0.717, 1.165) is 43.1 Å². The number of likely N-dealkylation sites (tertiary alicyclic amines) is 1. The highest BCUT2D eigenvalue weighted by Gasteiger charge is 2.33. The molecule has 1 amide bonds. The molecule has 2 aromatic carbocycles. The Labute approximate surface area is 200 Å². The van der Waals surface area contributed by atoms with Gasteiger partial charge in [-0.2, -0.15) is 4.31 Å². The molecule has 0 radical (unpaired) electrons. The quantitative estimate of drug-likeness (QED) is 0.672. The highest BCUT2D eigenvalue weighted by molar-refractivity contribution is 7.89. The number of aryl methyl sites for hydroxylation is 1. The Bertz CT molecular complexity index is 1110. The van der Waals surface area contributed by atoms with E-state index in [4.69, 9.17) is 0 Å². The smallest absolute Gasteiger partial charge is 0.243 e. The van der Waals surface area contributed by atoms with Gasteiger partial charge in [-0.25, -0.2) is 17.2 Å². The molecule has 9 heteroatoms. The second kappa shape index (κ2) is 10.5. The van der Waals surface area contributed by atoms with E-state index < -0.39 is 21.7 Å². The number of hydrogen-bond donors (Lipinski definition) is 1. The van der Waals surface area contributed by atoms with E-state index >= 15 is 0 Å². The summed E-state index contributed by atoms with van der Waals surface area (Å²) < 4.78 is 53.8. The van der Waals surface area contributed by atoms with Gasteiger partial charge in [-0.3, -0.25) is 9.69 Å². The minimum absolute atomic E-state index is 0.00793. The lowest BCUT2D eigenvalue weighted by molar-refractivity contribution is -0.127. The van der Waals surface area contributed by atoms with Crippen molar-refractivity contribution in [2.75, 3.05) is 26.2 Å². The van der Waals surface area contributed by atoms with Gasteiger partial charge in [0.25, 0.3) is 0 Å². The molecule has 1 N–H and O–H groups in total. The number of carbonyl (C=O) groups excluding carboxylic acids is 1. The number of nitrogens with zero attached hydrogens (tertiary/aromatic N) is 2. The van der Waals surface area contributed by atoms with Crippen molar-refractivity contribution in [1.82, 2.24) is 14.5 Å². The van der Waals surface area contributed by atoms with Crippen LogP contribution in [0.3, 0.4) is 0 Å². The Kier molecular flexibility index (Phi) is 7.64. The predicted molar refractivity (Wildman–Crippen MR) is 125 cm³/mol. The largest absolute Gasteiger partial charge is 0.353 e. The first-order valence-corrected chi connectivity index (χ1v) is 13.2. The van der Waals surface area contributed by atoms with E-state index in [0.29, 0.717) is 32.5 Å². The van der Waals surface area contributed by atoms with Crippen LogP contribution in [0.15, 0.2) is 47.4 Å². The lowest BCUT2D eigenvalue weighted by atomic mass is 9.95. The van der Waals surface area contributed by atoms with Gasteiger partial charge in [0.2, 0.25) is 15.9 Å². The number of hydrogen-bond acceptors (Lipinski definition) is 4. The summed E-state index contributed by atoms with van der Waals surface area (Å²) in [7, 11) is -3.54. The molecule has 0 bridgehead atoms. The first kappa shape index (κ1) is 24.8. The van der Waals surface area contributed by atoms with Crippen molar-refractivity contribution in [1.29, 1.82) is 0 Å². The maximum atomic E-state index is 13.4. The number of sulfonamides is 1. The Morgan fingerprint density at radius 3 is 2.21 bits per heavy atom. The molecule has 2 heterocycles. The second-order valence-electron chi connectivity index (χ2n) is 9.30. The molecule has 4 rings (SSSR count). The Hall–Kier alpha value is -2.36. The summed E-state index contributed by atoms with van der Waals surface area (Å²) in [5, 5.41) is 3.14. The summed E-state index contributed by atoms with van der Waals surface area (Å²) in [4.78, 5) is 15.3. The van der Waals surface area contributed by atoms with Crippen molar-refractivity contribution in [3.63, 3.8) is 0 Å². The third-order valence-electron chi connectivity index (χ3n) is 6.81. The minimum atomic E-state index is -3.54. The van der Waals surface area contributed by atoms with Gasteiger partial charge in [0, 0.05) is 44.7 Å². The lowest BCUT2D eigenvalue weighted by Crippen LogP contribution is -2.48. The number of carbonyl (C=O) groups is 1. The Morgan fingerprint density at radius 2 is 1.59 bits per heavy atom. The summed E-state index contributed by atoms with van der Waals surface area (Å²) >= 11 is 0.